The minimum absolute atomic E-state index is 0.0425. The van der Waals surface area contributed by atoms with Gasteiger partial charge >= 0.3 is 0 Å². The van der Waals surface area contributed by atoms with Gasteiger partial charge in [0, 0.05) is 24.0 Å². The zero-order chi connectivity index (χ0) is 24.4. The largest absolute Gasteiger partial charge is 0.352 e. The third-order valence-corrected chi connectivity index (χ3v) is 6.66. The van der Waals surface area contributed by atoms with Crippen molar-refractivity contribution in [2.75, 3.05) is 0 Å². The fourth-order valence-corrected chi connectivity index (χ4v) is 5.21. The number of nitrogens with one attached hydrogen (secondary N) is 2. The van der Waals surface area contributed by atoms with Crippen molar-refractivity contribution in [1.82, 2.24) is 20.5 Å². The van der Waals surface area contributed by atoms with Gasteiger partial charge in [0.25, 0.3) is 0 Å². The molecule has 2 heterocycles. The Bertz CT molecular complexity index is 1030. The summed E-state index contributed by atoms with van der Waals surface area (Å²) < 4.78 is 0. The first kappa shape index (κ1) is 23.9. The molecule has 1 aromatic carbocycles. The van der Waals surface area contributed by atoms with Crippen LogP contribution in [0, 0.1) is 11.8 Å². The third kappa shape index (κ3) is 4.83. The summed E-state index contributed by atoms with van der Waals surface area (Å²) in [7, 11) is 0. The van der Waals surface area contributed by atoms with Gasteiger partial charge < -0.3 is 15.5 Å². The van der Waals surface area contributed by atoms with Crippen LogP contribution >= 0.6 is 0 Å². The molecule has 34 heavy (non-hydrogen) atoms. The number of nitrogens with zero attached hydrogens (tertiary/aromatic N) is 2. The monoisotopic (exact) mass is 462 g/mol. The van der Waals surface area contributed by atoms with Crippen LogP contribution in [0.5, 0.6) is 0 Å². The summed E-state index contributed by atoms with van der Waals surface area (Å²) in [5.74, 6) is -0.565. The van der Waals surface area contributed by atoms with Gasteiger partial charge in [0.2, 0.25) is 17.7 Å². The van der Waals surface area contributed by atoms with Gasteiger partial charge in [-0.15, -0.1) is 0 Å². The van der Waals surface area contributed by atoms with E-state index in [9.17, 15) is 14.4 Å². The SMILES string of the molecule is CC(C)CC1C(=O)NC(C2Cc3ccccc3C2)C(=O)N1C(C(=O)NC(C)C)c1cccnc1. The molecule has 7 nitrogen and oxygen atoms in total. The Morgan fingerprint density at radius 3 is 2.32 bits per heavy atom. The second-order valence-electron chi connectivity index (χ2n) is 10.2. The molecule has 2 aromatic rings. The van der Waals surface area contributed by atoms with E-state index < -0.39 is 18.1 Å². The summed E-state index contributed by atoms with van der Waals surface area (Å²) in [6.07, 6.45) is 5.17. The van der Waals surface area contributed by atoms with Crippen molar-refractivity contribution in [3.8, 4) is 0 Å². The van der Waals surface area contributed by atoms with Crippen molar-refractivity contribution in [3.05, 3.63) is 65.5 Å². The molecule has 1 fully saturated rings. The van der Waals surface area contributed by atoms with E-state index in [4.69, 9.17) is 0 Å². The maximum Gasteiger partial charge on any atom is 0.247 e. The Morgan fingerprint density at radius 2 is 1.76 bits per heavy atom. The number of amides is 3. The lowest BCUT2D eigenvalue weighted by Crippen LogP contribution is -2.67. The van der Waals surface area contributed by atoms with E-state index in [1.807, 2.05) is 39.8 Å². The number of piperazine rings is 1. The number of benzene rings is 1. The molecule has 0 bridgehead atoms. The molecule has 1 aliphatic carbocycles. The molecule has 2 N–H and O–H groups in total. The molecular weight excluding hydrogens is 428 g/mol. The average molecular weight is 463 g/mol. The molecule has 0 saturated carbocycles. The van der Waals surface area contributed by atoms with Gasteiger partial charge in [0.1, 0.15) is 18.1 Å². The number of aromatic nitrogens is 1. The van der Waals surface area contributed by atoms with Crippen molar-refractivity contribution in [2.24, 2.45) is 11.8 Å². The Balaban J connectivity index is 1.73. The van der Waals surface area contributed by atoms with Crippen LogP contribution in [-0.4, -0.2) is 45.7 Å². The number of carbonyl (C=O) groups excluding carboxylic acids is 3. The molecule has 2 aliphatic rings. The van der Waals surface area contributed by atoms with Crippen LogP contribution in [0.4, 0.5) is 0 Å². The number of carbonyl (C=O) groups is 3. The second kappa shape index (κ2) is 9.95. The van der Waals surface area contributed by atoms with E-state index in [0.29, 0.717) is 12.0 Å². The van der Waals surface area contributed by atoms with Gasteiger partial charge in [-0.3, -0.25) is 19.4 Å². The molecule has 1 aliphatic heterocycles. The molecule has 1 aromatic heterocycles. The number of rotatable bonds is 7. The molecular formula is C27H34N4O3. The quantitative estimate of drug-likeness (QED) is 0.662. The molecule has 180 valence electrons. The molecule has 0 spiro atoms. The molecule has 4 rings (SSSR count). The van der Waals surface area contributed by atoms with Crippen LogP contribution in [0.2, 0.25) is 0 Å². The lowest BCUT2D eigenvalue weighted by Gasteiger charge is -2.44. The maximum atomic E-state index is 14.1. The molecule has 0 radical (unpaired) electrons. The fourth-order valence-electron chi connectivity index (χ4n) is 5.21. The van der Waals surface area contributed by atoms with Crippen molar-refractivity contribution in [1.29, 1.82) is 0 Å². The lowest BCUT2D eigenvalue weighted by atomic mass is 9.88. The van der Waals surface area contributed by atoms with Gasteiger partial charge in [0.15, 0.2) is 0 Å². The van der Waals surface area contributed by atoms with Gasteiger partial charge in [-0.25, -0.2) is 0 Å². The Morgan fingerprint density at radius 1 is 1.09 bits per heavy atom. The van der Waals surface area contributed by atoms with Crippen LogP contribution in [0.15, 0.2) is 48.8 Å². The highest BCUT2D eigenvalue weighted by molar-refractivity contribution is 6.00. The van der Waals surface area contributed by atoms with Crippen LogP contribution < -0.4 is 10.6 Å². The maximum absolute atomic E-state index is 14.1. The second-order valence-corrected chi connectivity index (χ2v) is 10.2. The van der Waals surface area contributed by atoms with Gasteiger partial charge in [-0.2, -0.15) is 0 Å². The summed E-state index contributed by atoms with van der Waals surface area (Å²) in [4.78, 5) is 46.8. The molecule has 1 saturated heterocycles. The van der Waals surface area contributed by atoms with Crippen molar-refractivity contribution >= 4 is 17.7 Å². The van der Waals surface area contributed by atoms with E-state index >= 15 is 0 Å². The van der Waals surface area contributed by atoms with E-state index in [1.54, 1.807) is 29.4 Å². The normalized spacial score (nSPS) is 21.5. The predicted octanol–water partition coefficient (Wildman–Crippen LogP) is 2.80. The van der Waals surface area contributed by atoms with Crippen molar-refractivity contribution in [2.45, 2.75) is 71.1 Å². The van der Waals surface area contributed by atoms with Crippen LogP contribution in [-0.2, 0) is 27.2 Å². The highest BCUT2D eigenvalue weighted by atomic mass is 16.2. The van der Waals surface area contributed by atoms with Gasteiger partial charge in [0.05, 0.1) is 0 Å². The van der Waals surface area contributed by atoms with E-state index in [-0.39, 0.29) is 35.6 Å². The standard InChI is InChI=1S/C27H34N4O3/c1-16(2)12-22-25(32)30-23(21-13-18-8-5-6-9-19(18)14-21)27(34)31(22)24(26(33)29-17(3)4)20-10-7-11-28-15-20/h5-11,15-17,21-24H,12-14H2,1-4H3,(H,29,33)(H,30,32). The Labute approximate surface area is 201 Å². The number of fused-ring (bicyclic) bond motifs is 1. The van der Waals surface area contributed by atoms with Crippen LogP contribution in [0.3, 0.4) is 0 Å². The summed E-state index contributed by atoms with van der Waals surface area (Å²) in [6.45, 7) is 7.80. The van der Waals surface area contributed by atoms with Gasteiger partial charge in [-0.05, 0) is 62.1 Å². The van der Waals surface area contributed by atoms with Crippen LogP contribution in [0.25, 0.3) is 0 Å². The summed E-state index contributed by atoms with van der Waals surface area (Å²) in [5.41, 5.74) is 3.03. The average Bonchev–Trinajstić information content (AvgIpc) is 3.22. The van der Waals surface area contributed by atoms with Crippen molar-refractivity contribution in [3.63, 3.8) is 0 Å². The lowest BCUT2D eigenvalue weighted by molar-refractivity contribution is -0.158. The zero-order valence-electron chi connectivity index (χ0n) is 20.3. The smallest absolute Gasteiger partial charge is 0.247 e. The topological polar surface area (TPSA) is 91.4 Å². The Hall–Kier alpha value is -3.22. The van der Waals surface area contributed by atoms with Gasteiger partial charge in [-0.1, -0.05) is 44.2 Å². The number of hydrogen-bond donors (Lipinski definition) is 2. The third-order valence-electron chi connectivity index (χ3n) is 6.66. The number of hydrogen-bond acceptors (Lipinski definition) is 4. The summed E-state index contributed by atoms with van der Waals surface area (Å²) in [5, 5.41) is 5.99. The minimum Gasteiger partial charge on any atom is -0.352 e. The molecule has 3 atom stereocenters. The summed E-state index contributed by atoms with van der Waals surface area (Å²) >= 11 is 0. The van der Waals surface area contributed by atoms with E-state index in [1.165, 1.54) is 11.1 Å². The zero-order valence-corrected chi connectivity index (χ0v) is 20.3. The summed E-state index contributed by atoms with van der Waals surface area (Å²) in [6, 6.07) is 9.28. The molecule has 3 unspecified atom stereocenters. The molecule has 3 amide bonds. The predicted molar refractivity (Wildman–Crippen MR) is 130 cm³/mol. The molecule has 7 heteroatoms. The number of pyridine rings is 1. The van der Waals surface area contributed by atoms with Crippen LogP contribution in [0.1, 0.15) is 56.8 Å². The van der Waals surface area contributed by atoms with E-state index in [0.717, 1.165) is 12.8 Å². The Kier molecular flexibility index (Phi) is 7.00. The first-order valence-corrected chi connectivity index (χ1v) is 12.2. The first-order chi connectivity index (χ1) is 16.3. The van der Waals surface area contributed by atoms with E-state index in [2.05, 4.69) is 27.8 Å². The fraction of sp³-hybridized carbons (Fsp3) is 0.481. The highest BCUT2D eigenvalue weighted by Crippen LogP contribution is 2.35. The highest BCUT2D eigenvalue weighted by Gasteiger charge is 2.49. The van der Waals surface area contributed by atoms with Crippen molar-refractivity contribution < 1.29 is 14.4 Å². The minimum atomic E-state index is -0.926. The first-order valence-electron chi connectivity index (χ1n) is 12.2.